The second kappa shape index (κ2) is 10.3. The van der Waals surface area contributed by atoms with E-state index in [1.165, 1.54) is 6.42 Å². The summed E-state index contributed by atoms with van der Waals surface area (Å²) >= 11 is 0. The average Bonchev–Trinajstić information content (AvgIpc) is 3.19. The molecular formula is C26H28N2O5. The van der Waals surface area contributed by atoms with Gasteiger partial charge in [-0.1, -0.05) is 23.8 Å². The molecule has 1 saturated heterocycles. The highest BCUT2D eigenvalue weighted by atomic mass is 16.6. The van der Waals surface area contributed by atoms with Crippen LogP contribution in [0.15, 0.2) is 53.2 Å². The van der Waals surface area contributed by atoms with Gasteiger partial charge < -0.3 is 19.1 Å². The van der Waals surface area contributed by atoms with E-state index < -0.39 is 5.97 Å². The molecule has 1 amide bonds. The van der Waals surface area contributed by atoms with E-state index in [1.54, 1.807) is 24.3 Å². The van der Waals surface area contributed by atoms with Crippen molar-refractivity contribution in [1.82, 2.24) is 4.90 Å². The van der Waals surface area contributed by atoms with Gasteiger partial charge in [0.1, 0.15) is 0 Å². The van der Waals surface area contributed by atoms with E-state index in [2.05, 4.69) is 4.99 Å². The maximum absolute atomic E-state index is 12.4. The van der Waals surface area contributed by atoms with Crippen molar-refractivity contribution in [1.29, 1.82) is 0 Å². The minimum atomic E-state index is -0.503. The van der Waals surface area contributed by atoms with Gasteiger partial charge >= 0.3 is 5.97 Å². The molecule has 2 aromatic carbocycles. The minimum Gasteiger partial charge on any atom is -0.490 e. The number of carbonyl (C=O) groups excluding carboxylic acids is 2. The highest BCUT2D eigenvalue weighted by Gasteiger charge is 2.24. The van der Waals surface area contributed by atoms with Gasteiger partial charge in [-0.3, -0.25) is 4.79 Å². The van der Waals surface area contributed by atoms with E-state index >= 15 is 0 Å². The number of carbonyl (C=O) groups is 2. The van der Waals surface area contributed by atoms with Crippen LogP contribution in [0, 0.1) is 6.92 Å². The standard InChI is InChI=1S/C26H28N2O5/c1-3-31-23-16-19(10-11-22(23)32-17-24(29)28-12-5-4-6-13-28)15-21-26(30)33-25(27-21)20-9-7-8-18(2)14-20/h7-11,14-16H,3-6,12-13,17H2,1-2H3/b21-15-. The number of hydrogen-bond acceptors (Lipinski definition) is 6. The largest absolute Gasteiger partial charge is 0.490 e. The number of piperidine rings is 1. The summed E-state index contributed by atoms with van der Waals surface area (Å²) in [5.74, 6) is 0.762. The van der Waals surface area contributed by atoms with Crippen molar-refractivity contribution < 1.29 is 23.8 Å². The monoisotopic (exact) mass is 448 g/mol. The lowest BCUT2D eigenvalue weighted by Gasteiger charge is -2.26. The van der Waals surface area contributed by atoms with Crippen LogP contribution in [0.1, 0.15) is 42.9 Å². The van der Waals surface area contributed by atoms with Gasteiger partial charge in [-0.05, 0) is 69.0 Å². The van der Waals surface area contributed by atoms with Crippen molar-refractivity contribution >= 4 is 23.9 Å². The molecule has 7 nitrogen and oxygen atoms in total. The first kappa shape index (κ1) is 22.6. The molecule has 1 fully saturated rings. The van der Waals surface area contributed by atoms with E-state index in [4.69, 9.17) is 14.2 Å². The number of likely N-dealkylation sites (tertiary alicyclic amines) is 1. The fourth-order valence-corrected chi connectivity index (χ4v) is 3.84. The van der Waals surface area contributed by atoms with E-state index in [0.717, 1.165) is 37.1 Å². The zero-order valence-electron chi connectivity index (χ0n) is 19.0. The summed E-state index contributed by atoms with van der Waals surface area (Å²) in [6.07, 6.45) is 4.89. The smallest absolute Gasteiger partial charge is 0.363 e. The molecular weight excluding hydrogens is 420 g/mol. The molecule has 0 aromatic heterocycles. The molecule has 2 aliphatic rings. The summed E-state index contributed by atoms with van der Waals surface area (Å²) in [7, 11) is 0. The molecule has 7 heteroatoms. The van der Waals surface area contributed by atoms with Crippen LogP contribution in [0.3, 0.4) is 0 Å². The summed E-state index contributed by atoms with van der Waals surface area (Å²) < 4.78 is 16.9. The van der Waals surface area contributed by atoms with Crippen molar-refractivity contribution in [2.45, 2.75) is 33.1 Å². The molecule has 0 atom stereocenters. The summed E-state index contributed by atoms with van der Waals surface area (Å²) in [4.78, 5) is 31.0. The van der Waals surface area contributed by atoms with Gasteiger partial charge in [-0.25, -0.2) is 9.79 Å². The number of esters is 1. The lowest BCUT2D eigenvalue weighted by molar-refractivity contribution is -0.134. The van der Waals surface area contributed by atoms with Gasteiger partial charge in [0.15, 0.2) is 23.8 Å². The molecule has 0 spiro atoms. The Balaban J connectivity index is 1.50. The van der Waals surface area contributed by atoms with Crippen molar-refractivity contribution in [2.24, 2.45) is 4.99 Å². The Kier molecular flexibility index (Phi) is 7.07. The normalized spacial score (nSPS) is 17.0. The molecule has 0 saturated carbocycles. The maximum atomic E-state index is 12.4. The SMILES string of the molecule is CCOc1cc(/C=C2\N=C(c3cccc(C)c3)OC2=O)ccc1OCC(=O)N1CCCCC1. The average molecular weight is 449 g/mol. The molecule has 33 heavy (non-hydrogen) atoms. The number of aliphatic imine (C=N–C) groups is 1. The zero-order chi connectivity index (χ0) is 23.2. The predicted octanol–water partition coefficient (Wildman–Crippen LogP) is 4.13. The first-order valence-corrected chi connectivity index (χ1v) is 11.3. The Morgan fingerprint density at radius 2 is 1.91 bits per heavy atom. The molecule has 0 bridgehead atoms. The Morgan fingerprint density at radius 1 is 1.09 bits per heavy atom. The zero-order valence-corrected chi connectivity index (χ0v) is 19.0. The fourth-order valence-electron chi connectivity index (χ4n) is 3.84. The van der Waals surface area contributed by atoms with Crippen molar-refractivity contribution in [3.8, 4) is 11.5 Å². The molecule has 2 aromatic rings. The van der Waals surface area contributed by atoms with E-state index in [9.17, 15) is 9.59 Å². The van der Waals surface area contributed by atoms with Gasteiger partial charge in [0, 0.05) is 18.7 Å². The molecule has 0 N–H and O–H groups in total. The van der Waals surface area contributed by atoms with Crippen LogP contribution in [0.5, 0.6) is 11.5 Å². The van der Waals surface area contributed by atoms with Gasteiger partial charge in [0.25, 0.3) is 5.91 Å². The van der Waals surface area contributed by atoms with Gasteiger partial charge in [0.05, 0.1) is 6.61 Å². The molecule has 172 valence electrons. The maximum Gasteiger partial charge on any atom is 0.363 e. The third-order valence-corrected chi connectivity index (χ3v) is 5.52. The third-order valence-electron chi connectivity index (χ3n) is 5.52. The quantitative estimate of drug-likeness (QED) is 0.470. The predicted molar refractivity (Wildman–Crippen MR) is 125 cm³/mol. The lowest BCUT2D eigenvalue weighted by Crippen LogP contribution is -2.38. The number of aryl methyl sites for hydroxylation is 1. The van der Waals surface area contributed by atoms with Crippen LogP contribution in [-0.2, 0) is 14.3 Å². The molecule has 0 aliphatic carbocycles. The number of cyclic esters (lactones) is 1. The van der Waals surface area contributed by atoms with Crippen LogP contribution < -0.4 is 9.47 Å². The Bertz CT molecular complexity index is 1100. The minimum absolute atomic E-state index is 0.0185. The van der Waals surface area contributed by atoms with Gasteiger partial charge in [0.2, 0.25) is 5.90 Å². The first-order valence-electron chi connectivity index (χ1n) is 11.3. The summed E-state index contributed by atoms with van der Waals surface area (Å²) in [5.41, 5.74) is 2.74. The van der Waals surface area contributed by atoms with Crippen LogP contribution in [0.25, 0.3) is 6.08 Å². The molecule has 0 unspecified atom stereocenters. The van der Waals surface area contributed by atoms with Crippen LogP contribution >= 0.6 is 0 Å². The summed E-state index contributed by atoms with van der Waals surface area (Å²) in [6.45, 7) is 5.82. The highest BCUT2D eigenvalue weighted by Crippen LogP contribution is 2.30. The van der Waals surface area contributed by atoms with E-state index in [0.29, 0.717) is 23.7 Å². The summed E-state index contributed by atoms with van der Waals surface area (Å²) in [6, 6.07) is 12.9. The van der Waals surface area contributed by atoms with Crippen molar-refractivity contribution in [2.75, 3.05) is 26.3 Å². The van der Waals surface area contributed by atoms with Crippen molar-refractivity contribution in [3.63, 3.8) is 0 Å². The van der Waals surface area contributed by atoms with E-state index in [1.807, 2.05) is 43.0 Å². The highest BCUT2D eigenvalue weighted by molar-refractivity contribution is 6.12. The van der Waals surface area contributed by atoms with Crippen LogP contribution in [-0.4, -0.2) is 49.0 Å². The summed E-state index contributed by atoms with van der Waals surface area (Å²) in [5, 5.41) is 0. The van der Waals surface area contributed by atoms with Crippen molar-refractivity contribution in [3.05, 3.63) is 64.9 Å². The van der Waals surface area contributed by atoms with Crippen LogP contribution in [0.2, 0.25) is 0 Å². The Hall–Kier alpha value is -3.61. The second-order valence-electron chi connectivity index (χ2n) is 8.07. The number of nitrogens with zero attached hydrogens (tertiary/aromatic N) is 2. The fraction of sp³-hybridized carbons (Fsp3) is 0.346. The second-order valence-corrected chi connectivity index (χ2v) is 8.07. The number of ether oxygens (including phenoxy) is 3. The molecule has 4 rings (SSSR count). The Morgan fingerprint density at radius 3 is 2.67 bits per heavy atom. The molecule has 2 aliphatic heterocycles. The third kappa shape index (κ3) is 5.61. The number of benzene rings is 2. The van der Waals surface area contributed by atoms with E-state index in [-0.39, 0.29) is 24.1 Å². The van der Waals surface area contributed by atoms with Gasteiger partial charge in [-0.2, -0.15) is 0 Å². The topological polar surface area (TPSA) is 77.4 Å². The number of hydrogen-bond donors (Lipinski definition) is 0. The first-order chi connectivity index (χ1) is 16.0. The van der Waals surface area contributed by atoms with Crippen LogP contribution in [0.4, 0.5) is 0 Å². The van der Waals surface area contributed by atoms with Gasteiger partial charge in [-0.15, -0.1) is 0 Å². The Labute approximate surface area is 193 Å². The lowest BCUT2D eigenvalue weighted by atomic mass is 10.1. The molecule has 0 radical (unpaired) electrons. The number of amides is 1. The molecule has 2 heterocycles. The number of rotatable bonds is 7.